The fourth-order valence-corrected chi connectivity index (χ4v) is 1.39. The first-order valence-electron chi connectivity index (χ1n) is 5.64. The average Bonchev–Trinajstić information content (AvgIpc) is 2.24. The molecule has 0 saturated carbocycles. The van der Waals surface area contributed by atoms with Crippen LogP contribution in [0, 0.1) is 25.7 Å². The molecule has 1 rings (SSSR count). The Balaban J connectivity index is 2.77. The molecule has 1 atom stereocenters. The van der Waals surface area contributed by atoms with E-state index in [1.165, 1.54) is 0 Å². The van der Waals surface area contributed by atoms with Gasteiger partial charge >= 0.3 is 0 Å². The van der Waals surface area contributed by atoms with Gasteiger partial charge in [-0.05, 0) is 19.8 Å². The molecule has 3 N–H and O–H groups in total. The van der Waals surface area contributed by atoms with Crippen molar-refractivity contribution in [2.45, 2.75) is 27.7 Å². The second-order valence-corrected chi connectivity index (χ2v) is 4.38. The van der Waals surface area contributed by atoms with Crippen molar-refractivity contribution in [1.82, 2.24) is 15.2 Å². The predicted octanol–water partition coefficient (Wildman–Crippen LogP) is 0.658. The van der Waals surface area contributed by atoms with E-state index >= 15 is 0 Å². The van der Waals surface area contributed by atoms with Crippen LogP contribution in [0.4, 0.5) is 5.95 Å². The molecule has 1 aromatic heterocycles. The number of amides is 1. The van der Waals surface area contributed by atoms with Gasteiger partial charge in [-0.15, -0.1) is 5.10 Å². The molecule has 0 radical (unpaired) electrons. The summed E-state index contributed by atoms with van der Waals surface area (Å²) in [5.41, 5.74) is 7.07. The first kappa shape index (κ1) is 13.5. The van der Waals surface area contributed by atoms with E-state index < -0.39 is 0 Å². The van der Waals surface area contributed by atoms with E-state index in [-0.39, 0.29) is 23.7 Å². The third-order valence-corrected chi connectivity index (χ3v) is 2.72. The van der Waals surface area contributed by atoms with E-state index in [9.17, 15) is 4.79 Å². The van der Waals surface area contributed by atoms with Gasteiger partial charge in [0.05, 0.1) is 17.3 Å². The zero-order chi connectivity index (χ0) is 13.0. The molecule has 0 spiro atoms. The molecular formula is C11H19N5O. The van der Waals surface area contributed by atoms with Crippen molar-refractivity contribution in [2.24, 2.45) is 17.6 Å². The lowest BCUT2D eigenvalue weighted by molar-refractivity contribution is -0.120. The maximum atomic E-state index is 11.9. The van der Waals surface area contributed by atoms with Crippen LogP contribution < -0.4 is 11.1 Å². The van der Waals surface area contributed by atoms with Gasteiger partial charge in [-0.3, -0.25) is 10.1 Å². The van der Waals surface area contributed by atoms with E-state index in [0.717, 1.165) is 11.4 Å². The van der Waals surface area contributed by atoms with Crippen LogP contribution in [0.1, 0.15) is 25.2 Å². The molecular weight excluding hydrogens is 218 g/mol. The molecule has 1 unspecified atom stereocenters. The van der Waals surface area contributed by atoms with Gasteiger partial charge in [0, 0.05) is 6.54 Å². The Bertz CT molecular complexity index is 405. The van der Waals surface area contributed by atoms with Crippen LogP contribution in [0.2, 0.25) is 0 Å². The highest BCUT2D eigenvalue weighted by Gasteiger charge is 2.21. The fourth-order valence-electron chi connectivity index (χ4n) is 1.39. The van der Waals surface area contributed by atoms with E-state index in [1.807, 2.05) is 27.7 Å². The van der Waals surface area contributed by atoms with Crippen molar-refractivity contribution in [2.75, 3.05) is 11.9 Å². The SMILES string of the molecule is Cc1nnc(NC(=O)C(CN)C(C)C)nc1C. The molecule has 0 aliphatic rings. The van der Waals surface area contributed by atoms with Crippen LogP contribution in [-0.2, 0) is 4.79 Å². The standard InChI is InChI=1S/C11H19N5O/c1-6(2)9(5-12)10(17)14-11-13-7(3)8(4)15-16-11/h6,9H,5,12H2,1-4H3,(H,13,14,16,17). The summed E-state index contributed by atoms with van der Waals surface area (Å²) in [6, 6.07) is 0. The molecule has 0 aromatic carbocycles. The molecule has 1 amide bonds. The van der Waals surface area contributed by atoms with Crippen LogP contribution >= 0.6 is 0 Å². The van der Waals surface area contributed by atoms with Gasteiger partial charge in [-0.25, -0.2) is 4.98 Å². The van der Waals surface area contributed by atoms with Gasteiger partial charge in [0.15, 0.2) is 0 Å². The number of rotatable bonds is 4. The first-order chi connectivity index (χ1) is 7.95. The minimum absolute atomic E-state index is 0.160. The smallest absolute Gasteiger partial charge is 0.249 e. The average molecular weight is 237 g/mol. The summed E-state index contributed by atoms with van der Waals surface area (Å²) in [6.07, 6.45) is 0. The largest absolute Gasteiger partial charge is 0.330 e. The van der Waals surface area contributed by atoms with Gasteiger partial charge in [-0.2, -0.15) is 5.10 Å². The lowest BCUT2D eigenvalue weighted by Crippen LogP contribution is -2.33. The highest BCUT2D eigenvalue weighted by Crippen LogP contribution is 2.11. The highest BCUT2D eigenvalue weighted by molar-refractivity contribution is 5.91. The Morgan fingerprint density at radius 3 is 2.41 bits per heavy atom. The van der Waals surface area contributed by atoms with Crippen LogP contribution in [0.5, 0.6) is 0 Å². The third kappa shape index (κ3) is 3.45. The molecule has 1 heterocycles. The summed E-state index contributed by atoms with van der Waals surface area (Å²) in [5.74, 6) is 0.0180. The summed E-state index contributed by atoms with van der Waals surface area (Å²) >= 11 is 0. The quantitative estimate of drug-likeness (QED) is 0.802. The number of nitrogens with zero attached hydrogens (tertiary/aromatic N) is 3. The molecule has 0 aliphatic heterocycles. The summed E-state index contributed by atoms with van der Waals surface area (Å²) in [6.45, 7) is 7.86. The predicted molar refractivity (Wildman–Crippen MR) is 65.3 cm³/mol. The number of aromatic nitrogens is 3. The van der Waals surface area contributed by atoms with E-state index in [4.69, 9.17) is 5.73 Å². The summed E-state index contributed by atoms with van der Waals surface area (Å²) in [7, 11) is 0. The third-order valence-electron chi connectivity index (χ3n) is 2.72. The van der Waals surface area contributed by atoms with Crippen molar-refractivity contribution in [3.8, 4) is 0 Å². The Morgan fingerprint density at radius 1 is 1.29 bits per heavy atom. The highest BCUT2D eigenvalue weighted by atomic mass is 16.2. The first-order valence-corrected chi connectivity index (χ1v) is 5.64. The maximum Gasteiger partial charge on any atom is 0.249 e. The number of nitrogens with one attached hydrogen (secondary N) is 1. The van der Waals surface area contributed by atoms with E-state index in [0.29, 0.717) is 6.54 Å². The van der Waals surface area contributed by atoms with Gasteiger partial charge in [-0.1, -0.05) is 13.8 Å². The van der Waals surface area contributed by atoms with Gasteiger partial charge in [0.2, 0.25) is 11.9 Å². The Labute approximate surface area is 101 Å². The van der Waals surface area contributed by atoms with Crippen molar-refractivity contribution >= 4 is 11.9 Å². The molecule has 6 nitrogen and oxygen atoms in total. The molecule has 17 heavy (non-hydrogen) atoms. The number of carbonyl (C=O) groups is 1. The second-order valence-electron chi connectivity index (χ2n) is 4.38. The zero-order valence-electron chi connectivity index (χ0n) is 10.7. The van der Waals surface area contributed by atoms with Crippen molar-refractivity contribution in [3.05, 3.63) is 11.4 Å². The van der Waals surface area contributed by atoms with Gasteiger partial charge < -0.3 is 5.73 Å². The molecule has 0 bridgehead atoms. The molecule has 0 saturated heterocycles. The van der Waals surface area contributed by atoms with Crippen molar-refractivity contribution < 1.29 is 4.79 Å². The van der Waals surface area contributed by atoms with Gasteiger partial charge in [0.1, 0.15) is 0 Å². The number of hydrogen-bond donors (Lipinski definition) is 2. The van der Waals surface area contributed by atoms with E-state index in [1.54, 1.807) is 0 Å². The summed E-state index contributed by atoms with van der Waals surface area (Å²) in [4.78, 5) is 16.0. The normalized spacial score (nSPS) is 12.6. The molecule has 6 heteroatoms. The van der Waals surface area contributed by atoms with Crippen LogP contribution in [-0.4, -0.2) is 27.6 Å². The molecule has 1 aromatic rings. The molecule has 94 valence electrons. The minimum atomic E-state index is -0.236. The second kappa shape index (κ2) is 5.67. The van der Waals surface area contributed by atoms with Crippen molar-refractivity contribution in [1.29, 1.82) is 0 Å². The van der Waals surface area contributed by atoms with Gasteiger partial charge in [0.25, 0.3) is 0 Å². The number of nitrogens with two attached hydrogens (primary N) is 1. The zero-order valence-corrected chi connectivity index (χ0v) is 10.7. The summed E-state index contributed by atoms with van der Waals surface area (Å²) in [5, 5.41) is 10.4. The van der Waals surface area contributed by atoms with Crippen LogP contribution in [0.15, 0.2) is 0 Å². The van der Waals surface area contributed by atoms with Crippen LogP contribution in [0.3, 0.4) is 0 Å². The Kier molecular flexibility index (Phi) is 4.51. The number of carbonyl (C=O) groups excluding carboxylic acids is 1. The molecule has 0 aliphatic carbocycles. The Hall–Kier alpha value is -1.56. The minimum Gasteiger partial charge on any atom is -0.330 e. The maximum absolute atomic E-state index is 11.9. The monoisotopic (exact) mass is 237 g/mol. The number of hydrogen-bond acceptors (Lipinski definition) is 5. The summed E-state index contributed by atoms with van der Waals surface area (Å²) < 4.78 is 0. The topological polar surface area (TPSA) is 93.8 Å². The molecule has 0 fully saturated rings. The number of aryl methyl sites for hydroxylation is 2. The lowest BCUT2D eigenvalue weighted by atomic mass is 9.95. The van der Waals surface area contributed by atoms with E-state index in [2.05, 4.69) is 20.5 Å². The fraction of sp³-hybridized carbons (Fsp3) is 0.636. The Morgan fingerprint density at radius 2 is 1.94 bits per heavy atom. The van der Waals surface area contributed by atoms with Crippen molar-refractivity contribution in [3.63, 3.8) is 0 Å². The lowest BCUT2D eigenvalue weighted by Gasteiger charge is -2.17. The number of anilines is 1. The van der Waals surface area contributed by atoms with Crippen LogP contribution in [0.25, 0.3) is 0 Å².